The average molecular weight is 257 g/mol. The molecule has 102 valence electrons. The van der Waals surface area contributed by atoms with E-state index in [1.54, 1.807) is 0 Å². The van der Waals surface area contributed by atoms with Gasteiger partial charge in [-0.05, 0) is 50.9 Å². The maximum absolute atomic E-state index is 4.49. The number of rotatable bonds is 3. The summed E-state index contributed by atoms with van der Waals surface area (Å²) < 4.78 is 2.31. The highest BCUT2D eigenvalue weighted by Crippen LogP contribution is 2.21. The van der Waals surface area contributed by atoms with E-state index in [0.29, 0.717) is 6.04 Å². The zero-order valence-corrected chi connectivity index (χ0v) is 11.9. The Bertz CT molecular complexity index is 538. The summed E-state index contributed by atoms with van der Waals surface area (Å²) in [5, 5.41) is 0. The molecule has 0 saturated carbocycles. The van der Waals surface area contributed by atoms with Gasteiger partial charge in [-0.1, -0.05) is 19.1 Å². The minimum atomic E-state index is 0.487. The minimum Gasteiger partial charge on any atom is -0.326 e. The van der Waals surface area contributed by atoms with E-state index in [1.165, 1.54) is 31.4 Å². The van der Waals surface area contributed by atoms with Gasteiger partial charge in [0.25, 0.3) is 0 Å². The Morgan fingerprint density at radius 3 is 2.79 bits per heavy atom. The molecule has 0 amide bonds. The van der Waals surface area contributed by atoms with Crippen molar-refractivity contribution in [2.24, 2.45) is 5.92 Å². The van der Waals surface area contributed by atoms with Crippen molar-refractivity contribution >= 4 is 11.0 Å². The van der Waals surface area contributed by atoms with Crippen molar-refractivity contribution < 1.29 is 0 Å². The first-order chi connectivity index (χ1) is 9.24. The second-order valence-electron chi connectivity index (χ2n) is 5.97. The number of piperidine rings is 1. The largest absolute Gasteiger partial charge is 0.326 e. The van der Waals surface area contributed by atoms with Gasteiger partial charge in [0.05, 0.1) is 17.4 Å². The molecule has 19 heavy (non-hydrogen) atoms. The molecule has 0 aliphatic carbocycles. The Morgan fingerprint density at radius 1 is 1.26 bits per heavy atom. The predicted octanol–water partition coefficient (Wildman–Crippen LogP) is 3.33. The third-order valence-electron chi connectivity index (χ3n) is 4.35. The van der Waals surface area contributed by atoms with Gasteiger partial charge in [-0.15, -0.1) is 0 Å². The Morgan fingerprint density at radius 2 is 2.00 bits per heavy atom. The summed E-state index contributed by atoms with van der Waals surface area (Å²) in [5.74, 6) is 0.903. The van der Waals surface area contributed by atoms with Crippen molar-refractivity contribution in [3.8, 4) is 0 Å². The lowest BCUT2D eigenvalue weighted by Crippen LogP contribution is -2.36. The summed E-state index contributed by atoms with van der Waals surface area (Å²) in [6.45, 7) is 8.29. The van der Waals surface area contributed by atoms with Crippen LogP contribution in [0.1, 0.15) is 32.7 Å². The minimum absolute atomic E-state index is 0.487. The molecule has 1 unspecified atom stereocenters. The molecule has 1 aliphatic rings. The highest BCUT2D eigenvalue weighted by atomic mass is 15.2. The van der Waals surface area contributed by atoms with E-state index in [0.717, 1.165) is 18.0 Å². The Kier molecular flexibility index (Phi) is 3.56. The molecule has 0 bridgehead atoms. The van der Waals surface area contributed by atoms with Gasteiger partial charge < -0.3 is 9.47 Å². The predicted molar refractivity (Wildman–Crippen MR) is 79.3 cm³/mol. The van der Waals surface area contributed by atoms with Gasteiger partial charge in [0, 0.05) is 12.6 Å². The second-order valence-corrected chi connectivity index (χ2v) is 5.97. The first kappa shape index (κ1) is 12.7. The molecule has 0 N–H and O–H groups in total. The van der Waals surface area contributed by atoms with Gasteiger partial charge >= 0.3 is 0 Å². The molecule has 2 aromatic rings. The van der Waals surface area contributed by atoms with E-state index < -0.39 is 0 Å². The summed E-state index contributed by atoms with van der Waals surface area (Å²) in [5.41, 5.74) is 2.35. The van der Waals surface area contributed by atoms with Crippen molar-refractivity contribution in [2.75, 3.05) is 19.6 Å². The first-order valence-corrected chi connectivity index (χ1v) is 7.38. The van der Waals surface area contributed by atoms with Crippen LogP contribution in [-0.2, 0) is 0 Å². The molecular formula is C16H23N3. The summed E-state index contributed by atoms with van der Waals surface area (Å²) in [6.07, 6.45) is 4.68. The van der Waals surface area contributed by atoms with Crippen LogP contribution in [0.15, 0.2) is 30.6 Å². The van der Waals surface area contributed by atoms with Gasteiger partial charge in [0.2, 0.25) is 0 Å². The van der Waals surface area contributed by atoms with E-state index in [2.05, 4.69) is 52.6 Å². The molecule has 0 radical (unpaired) electrons. The summed E-state index contributed by atoms with van der Waals surface area (Å²) in [4.78, 5) is 7.09. The number of imidazole rings is 1. The van der Waals surface area contributed by atoms with Crippen molar-refractivity contribution in [2.45, 2.75) is 32.7 Å². The third-order valence-corrected chi connectivity index (χ3v) is 4.35. The Labute approximate surface area is 115 Å². The Hall–Kier alpha value is -1.35. The highest BCUT2D eigenvalue weighted by Gasteiger charge is 2.18. The molecule has 3 rings (SSSR count). The number of para-hydroxylation sites is 2. The van der Waals surface area contributed by atoms with Crippen LogP contribution in [0.3, 0.4) is 0 Å². The van der Waals surface area contributed by atoms with Crippen LogP contribution < -0.4 is 0 Å². The monoisotopic (exact) mass is 257 g/mol. The maximum Gasteiger partial charge on any atom is 0.0961 e. The summed E-state index contributed by atoms with van der Waals surface area (Å²) in [6, 6.07) is 8.88. The maximum atomic E-state index is 4.49. The van der Waals surface area contributed by atoms with Gasteiger partial charge in [0.1, 0.15) is 0 Å². The smallest absolute Gasteiger partial charge is 0.0961 e. The van der Waals surface area contributed by atoms with Crippen molar-refractivity contribution in [1.82, 2.24) is 14.5 Å². The van der Waals surface area contributed by atoms with Crippen LogP contribution >= 0.6 is 0 Å². The SMILES string of the molecule is CC1CCN(CC(C)n2cnc3ccccc32)CC1. The van der Waals surface area contributed by atoms with Crippen molar-refractivity contribution in [1.29, 1.82) is 0 Å². The van der Waals surface area contributed by atoms with Crippen molar-refractivity contribution in [3.05, 3.63) is 30.6 Å². The number of aromatic nitrogens is 2. The fourth-order valence-electron chi connectivity index (χ4n) is 3.04. The summed E-state index contributed by atoms with van der Waals surface area (Å²) in [7, 11) is 0. The van der Waals surface area contributed by atoms with Gasteiger partial charge in [-0.3, -0.25) is 0 Å². The highest BCUT2D eigenvalue weighted by molar-refractivity contribution is 5.75. The number of likely N-dealkylation sites (tertiary alicyclic amines) is 1. The molecule has 3 nitrogen and oxygen atoms in total. The average Bonchev–Trinajstić information content (AvgIpc) is 2.85. The summed E-state index contributed by atoms with van der Waals surface area (Å²) >= 11 is 0. The number of hydrogen-bond donors (Lipinski definition) is 0. The van der Waals surface area contributed by atoms with Crippen LogP contribution in [-0.4, -0.2) is 34.1 Å². The van der Waals surface area contributed by atoms with E-state index in [4.69, 9.17) is 0 Å². The molecule has 3 heteroatoms. The number of hydrogen-bond acceptors (Lipinski definition) is 2. The molecule has 1 aromatic heterocycles. The molecule has 1 aliphatic heterocycles. The topological polar surface area (TPSA) is 21.1 Å². The van der Waals surface area contributed by atoms with E-state index in [-0.39, 0.29) is 0 Å². The van der Waals surface area contributed by atoms with Crippen molar-refractivity contribution in [3.63, 3.8) is 0 Å². The van der Waals surface area contributed by atoms with Crippen LogP contribution in [0.25, 0.3) is 11.0 Å². The zero-order valence-electron chi connectivity index (χ0n) is 11.9. The van der Waals surface area contributed by atoms with E-state index in [1.807, 2.05) is 6.33 Å². The standard InChI is InChI=1S/C16H23N3/c1-13-7-9-18(10-8-13)11-14(2)19-12-17-15-5-3-4-6-16(15)19/h3-6,12-14H,7-11H2,1-2H3. The van der Waals surface area contributed by atoms with Crippen LogP contribution in [0, 0.1) is 5.92 Å². The van der Waals surface area contributed by atoms with Gasteiger partial charge in [0.15, 0.2) is 0 Å². The lowest BCUT2D eigenvalue weighted by Gasteiger charge is -2.32. The first-order valence-electron chi connectivity index (χ1n) is 7.38. The zero-order chi connectivity index (χ0) is 13.2. The lowest BCUT2D eigenvalue weighted by molar-refractivity contribution is 0.173. The van der Waals surface area contributed by atoms with E-state index >= 15 is 0 Å². The normalized spacial score (nSPS) is 19.9. The molecule has 1 saturated heterocycles. The van der Waals surface area contributed by atoms with Crippen LogP contribution in [0.5, 0.6) is 0 Å². The third kappa shape index (κ3) is 2.66. The molecule has 1 fully saturated rings. The van der Waals surface area contributed by atoms with Crippen LogP contribution in [0.2, 0.25) is 0 Å². The second kappa shape index (κ2) is 5.33. The van der Waals surface area contributed by atoms with Gasteiger partial charge in [-0.2, -0.15) is 0 Å². The molecule has 2 heterocycles. The molecule has 1 aromatic carbocycles. The lowest BCUT2D eigenvalue weighted by atomic mass is 9.99. The van der Waals surface area contributed by atoms with E-state index in [9.17, 15) is 0 Å². The number of nitrogens with zero attached hydrogens (tertiary/aromatic N) is 3. The molecular weight excluding hydrogens is 234 g/mol. The number of benzene rings is 1. The molecule has 1 atom stereocenters. The number of fused-ring (bicyclic) bond motifs is 1. The molecule has 0 spiro atoms. The Balaban J connectivity index is 1.71. The fourth-order valence-corrected chi connectivity index (χ4v) is 3.04. The van der Waals surface area contributed by atoms with Gasteiger partial charge in [-0.25, -0.2) is 4.98 Å². The van der Waals surface area contributed by atoms with Crippen LogP contribution in [0.4, 0.5) is 0 Å². The fraction of sp³-hybridized carbons (Fsp3) is 0.562. The quantitative estimate of drug-likeness (QED) is 0.841.